The van der Waals surface area contributed by atoms with Crippen molar-refractivity contribution >= 4 is 23.6 Å². The zero-order chi connectivity index (χ0) is 17.1. The van der Waals surface area contributed by atoms with E-state index >= 15 is 0 Å². The van der Waals surface area contributed by atoms with Gasteiger partial charge in [-0.15, -0.1) is 11.8 Å². The Labute approximate surface area is 143 Å². The standard InChI is InChI=1S/C17H17FN2O3S/c1-11-16(22)20(10-15(21)19-9-12-5-4-8-23-12)17(24-11)13-6-2-3-7-14(13)18/h2-8,11,17H,9-10H2,1H3,(H,19,21)/t11-,17-/m1/s1. The molecule has 7 heteroatoms. The van der Waals surface area contributed by atoms with Crippen LogP contribution in [-0.2, 0) is 16.1 Å². The van der Waals surface area contributed by atoms with Gasteiger partial charge in [0.1, 0.15) is 23.5 Å². The molecule has 5 nitrogen and oxygen atoms in total. The van der Waals surface area contributed by atoms with Gasteiger partial charge in [-0.05, 0) is 25.1 Å². The fourth-order valence-electron chi connectivity index (χ4n) is 2.56. The molecule has 0 spiro atoms. The van der Waals surface area contributed by atoms with Gasteiger partial charge in [0.15, 0.2) is 0 Å². The van der Waals surface area contributed by atoms with Crippen LogP contribution in [0.15, 0.2) is 47.1 Å². The van der Waals surface area contributed by atoms with E-state index < -0.39 is 5.37 Å². The minimum absolute atomic E-state index is 0.115. The molecule has 1 aliphatic rings. The van der Waals surface area contributed by atoms with Crippen molar-refractivity contribution in [2.24, 2.45) is 0 Å². The molecular formula is C17H17FN2O3S. The minimum atomic E-state index is -0.497. The summed E-state index contributed by atoms with van der Waals surface area (Å²) in [5.41, 5.74) is 0.416. The van der Waals surface area contributed by atoms with Crippen molar-refractivity contribution in [3.63, 3.8) is 0 Å². The number of amides is 2. The summed E-state index contributed by atoms with van der Waals surface area (Å²) in [6, 6.07) is 9.82. The maximum Gasteiger partial charge on any atom is 0.240 e. The highest BCUT2D eigenvalue weighted by molar-refractivity contribution is 8.01. The highest BCUT2D eigenvalue weighted by Crippen LogP contribution is 2.43. The van der Waals surface area contributed by atoms with E-state index in [1.807, 2.05) is 0 Å². The van der Waals surface area contributed by atoms with Gasteiger partial charge in [0.05, 0.1) is 18.1 Å². The van der Waals surface area contributed by atoms with Crippen molar-refractivity contribution in [3.05, 3.63) is 59.8 Å². The van der Waals surface area contributed by atoms with Crippen molar-refractivity contribution in [1.82, 2.24) is 10.2 Å². The number of carbonyl (C=O) groups is 2. The SMILES string of the molecule is C[C@H]1S[C@H](c2ccccc2F)N(CC(=O)NCc2ccco2)C1=O. The fraction of sp³-hybridized carbons (Fsp3) is 0.294. The molecule has 126 valence electrons. The lowest BCUT2D eigenvalue weighted by atomic mass is 10.2. The average molecular weight is 348 g/mol. The third-order valence-corrected chi connectivity index (χ3v) is 5.15. The van der Waals surface area contributed by atoms with Crippen molar-refractivity contribution in [2.45, 2.75) is 24.1 Å². The zero-order valence-electron chi connectivity index (χ0n) is 13.1. The number of halogens is 1. The summed E-state index contributed by atoms with van der Waals surface area (Å²) in [6.07, 6.45) is 1.53. The van der Waals surface area contributed by atoms with Crippen LogP contribution in [0.4, 0.5) is 4.39 Å². The second-order valence-electron chi connectivity index (χ2n) is 5.47. The molecule has 1 saturated heterocycles. The predicted octanol–water partition coefficient (Wildman–Crippen LogP) is 2.70. The van der Waals surface area contributed by atoms with E-state index in [9.17, 15) is 14.0 Å². The average Bonchev–Trinajstić information content (AvgIpc) is 3.17. The molecule has 0 aliphatic carbocycles. The Hall–Kier alpha value is -2.28. The molecule has 1 aromatic carbocycles. The smallest absolute Gasteiger partial charge is 0.240 e. The van der Waals surface area contributed by atoms with E-state index in [1.54, 1.807) is 37.3 Å². The molecule has 3 rings (SSSR count). The van der Waals surface area contributed by atoms with Gasteiger partial charge in [-0.1, -0.05) is 18.2 Å². The van der Waals surface area contributed by atoms with Crippen LogP contribution < -0.4 is 5.32 Å². The van der Waals surface area contributed by atoms with Gasteiger partial charge in [-0.3, -0.25) is 9.59 Å². The van der Waals surface area contributed by atoms with E-state index in [4.69, 9.17) is 4.42 Å². The number of rotatable bonds is 5. The number of hydrogen-bond donors (Lipinski definition) is 1. The first-order chi connectivity index (χ1) is 11.6. The molecule has 1 aromatic heterocycles. The van der Waals surface area contributed by atoms with Gasteiger partial charge >= 0.3 is 0 Å². The molecule has 2 atom stereocenters. The largest absolute Gasteiger partial charge is 0.467 e. The van der Waals surface area contributed by atoms with Gasteiger partial charge in [-0.2, -0.15) is 0 Å². The first-order valence-electron chi connectivity index (χ1n) is 7.55. The molecule has 2 heterocycles. The molecule has 2 aromatic rings. The molecule has 0 radical (unpaired) electrons. The van der Waals surface area contributed by atoms with Crippen molar-refractivity contribution < 1.29 is 18.4 Å². The summed E-state index contributed by atoms with van der Waals surface area (Å²) in [4.78, 5) is 25.9. The first-order valence-corrected chi connectivity index (χ1v) is 8.50. The second kappa shape index (κ2) is 7.09. The van der Waals surface area contributed by atoms with Gasteiger partial charge < -0.3 is 14.6 Å². The second-order valence-corrected chi connectivity index (χ2v) is 6.90. The molecule has 0 saturated carbocycles. The number of hydrogen-bond acceptors (Lipinski definition) is 4. The number of nitrogens with zero attached hydrogens (tertiary/aromatic N) is 1. The number of carbonyl (C=O) groups excluding carboxylic acids is 2. The summed E-state index contributed by atoms with van der Waals surface area (Å²) in [5, 5.41) is 1.89. The molecule has 1 N–H and O–H groups in total. The third-order valence-electron chi connectivity index (χ3n) is 3.77. The van der Waals surface area contributed by atoms with Crippen molar-refractivity contribution in [2.75, 3.05) is 6.54 Å². The molecular weight excluding hydrogens is 331 g/mol. The number of nitrogens with one attached hydrogen (secondary N) is 1. The lowest BCUT2D eigenvalue weighted by Gasteiger charge is -2.23. The van der Waals surface area contributed by atoms with E-state index in [2.05, 4.69) is 5.32 Å². The van der Waals surface area contributed by atoms with Crippen molar-refractivity contribution in [3.8, 4) is 0 Å². The van der Waals surface area contributed by atoms with E-state index in [0.717, 1.165) is 0 Å². The van der Waals surface area contributed by atoms with E-state index in [1.165, 1.54) is 29.0 Å². The van der Waals surface area contributed by atoms with Gasteiger partial charge in [-0.25, -0.2) is 4.39 Å². The first kappa shape index (κ1) is 16.6. The third kappa shape index (κ3) is 3.46. The molecule has 1 fully saturated rings. The quantitative estimate of drug-likeness (QED) is 0.902. The summed E-state index contributed by atoms with van der Waals surface area (Å²) in [5.74, 6) is -0.223. The Kier molecular flexibility index (Phi) is 4.89. The summed E-state index contributed by atoms with van der Waals surface area (Å²) < 4.78 is 19.2. The monoisotopic (exact) mass is 348 g/mol. The summed E-state index contributed by atoms with van der Waals surface area (Å²) >= 11 is 1.34. The molecule has 1 aliphatic heterocycles. The zero-order valence-corrected chi connectivity index (χ0v) is 13.9. The highest BCUT2D eigenvalue weighted by Gasteiger charge is 2.40. The summed E-state index contributed by atoms with van der Waals surface area (Å²) in [6.45, 7) is 1.90. The Bertz CT molecular complexity index is 735. The summed E-state index contributed by atoms with van der Waals surface area (Å²) in [7, 11) is 0. The fourth-order valence-corrected chi connectivity index (χ4v) is 3.86. The normalized spacial score (nSPS) is 20.4. The predicted molar refractivity (Wildman–Crippen MR) is 88.5 cm³/mol. The van der Waals surface area contributed by atoms with Crippen LogP contribution in [0.2, 0.25) is 0 Å². The number of furan rings is 1. The molecule has 2 amide bonds. The van der Waals surface area contributed by atoms with E-state index in [0.29, 0.717) is 11.3 Å². The van der Waals surface area contributed by atoms with Crippen LogP contribution in [0.1, 0.15) is 23.6 Å². The van der Waals surface area contributed by atoms with Crippen LogP contribution in [0, 0.1) is 5.82 Å². The number of benzene rings is 1. The molecule has 0 bridgehead atoms. The molecule has 0 unspecified atom stereocenters. The van der Waals surface area contributed by atoms with Gasteiger partial charge in [0, 0.05) is 5.56 Å². The maximum atomic E-state index is 14.1. The van der Waals surface area contributed by atoms with Crippen LogP contribution in [0.3, 0.4) is 0 Å². The minimum Gasteiger partial charge on any atom is -0.467 e. The lowest BCUT2D eigenvalue weighted by molar-refractivity contribution is -0.135. The van der Waals surface area contributed by atoms with Crippen molar-refractivity contribution in [1.29, 1.82) is 0 Å². The van der Waals surface area contributed by atoms with E-state index in [-0.39, 0.29) is 36.0 Å². The van der Waals surface area contributed by atoms with Crippen LogP contribution in [0.25, 0.3) is 0 Å². The highest BCUT2D eigenvalue weighted by atomic mass is 32.2. The van der Waals surface area contributed by atoms with Crippen LogP contribution in [-0.4, -0.2) is 28.5 Å². The van der Waals surface area contributed by atoms with Crippen LogP contribution in [0.5, 0.6) is 0 Å². The number of thioether (sulfide) groups is 1. The topological polar surface area (TPSA) is 62.6 Å². The Balaban J connectivity index is 1.70. The Morgan fingerprint density at radius 1 is 1.33 bits per heavy atom. The maximum absolute atomic E-state index is 14.1. The Morgan fingerprint density at radius 3 is 2.83 bits per heavy atom. The van der Waals surface area contributed by atoms with Gasteiger partial charge in [0.25, 0.3) is 0 Å². The Morgan fingerprint density at radius 2 is 2.12 bits per heavy atom. The lowest BCUT2D eigenvalue weighted by Crippen LogP contribution is -2.40. The molecule has 24 heavy (non-hydrogen) atoms. The van der Waals surface area contributed by atoms with Gasteiger partial charge in [0.2, 0.25) is 11.8 Å². The van der Waals surface area contributed by atoms with Crippen LogP contribution >= 0.6 is 11.8 Å².